The quantitative estimate of drug-likeness (QED) is 0.752. The van der Waals surface area contributed by atoms with E-state index in [2.05, 4.69) is 21.2 Å². The van der Waals surface area contributed by atoms with Crippen molar-refractivity contribution in [2.75, 3.05) is 13.1 Å². The zero-order valence-electron chi connectivity index (χ0n) is 14.1. The van der Waals surface area contributed by atoms with Crippen LogP contribution in [0.2, 0.25) is 0 Å². The lowest BCUT2D eigenvalue weighted by Crippen LogP contribution is -2.47. The molecule has 7 nitrogen and oxygen atoms in total. The van der Waals surface area contributed by atoms with Crippen molar-refractivity contribution < 1.29 is 18.0 Å². The van der Waals surface area contributed by atoms with Crippen LogP contribution in [0.5, 0.6) is 0 Å². The number of halogens is 1. The Morgan fingerprint density at radius 3 is 2.33 bits per heavy atom. The number of hydrogen-bond acceptors (Lipinski definition) is 4. The van der Waals surface area contributed by atoms with E-state index in [0.29, 0.717) is 11.0 Å². The summed E-state index contributed by atoms with van der Waals surface area (Å²) in [5.41, 5.74) is -0.278. The molecule has 1 aromatic carbocycles. The second kappa shape index (κ2) is 7.62. The molecular weight excluding hydrogens is 398 g/mol. The molecule has 0 spiro atoms. The summed E-state index contributed by atoms with van der Waals surface area (Å²) in [6, 6.07) is 3.95. The fourth-order valence-corrected chi connectivity index (χ4v) is 2.93. The van der Waals surface area contributed by atoms with E-state index in [1.807, 2.05) is 20.8 Å². The van der Waals surface area contributed by atoms with Crippen molar-refractivity contribution in [3.63, 3.8) is 0 Å². The monoisotopic (exact) mass is 419 g/mol. The highest BCUT2D eigenvalue weighted by Gasteiger charge is 2.23. The van der Waals surface area contributed by atoms with Crippen LogP contribution in [-0.2, 0) is 14.8 Å². The van der Waals surface area contributed by atoms with Crippen LogP contribution >= 0.6 is 15.9 Å². The summed E-state index contributed by atoms with van der Waals surface area (Å²) in [4.78, 5) is 25.9. The number of likely N-dealkylation sites (N-methyl/N-ethyl adjacent to an activating group) is 1. The first-order chi connectivity index (χ1) is 10.8. The summed E-state index contributed by atoms with van der Waals surface area (Å²) in [6.45, 7) is 7.43. The molecule has 0 radical (unpaired) electrons. The fourth-order valence-electron chi connectivity index (χ4n) is 1.97. The second-order valence-corrected chi connectivity index (χ2v) is 8.72. The van der Waals surface area contributed by atoms with Crippen molar-refractivity contribution >= 4 is 37.8 Å². The van der Waals surface area contributed by atoms with Gasteiger partial charge in [-0.25, -0.2) is 13.6 Å². The molecule has 0 saturated carbocycles. The first kappa shape index (κ1) is 20.6. The highest BCUT2D eigenvalue weighted by atomic mass is 79.9. The van der Waals surface area contributed by atoms with Crippen molar-refractivity contribution in [1.29, 1.82) is 0 Å². The molecule has 24 heavy (non-hydrogen) atoms. The number of rotatable bonds is 5. The van der Waals surface area contributed by atoms with Gasteiger partial charge in [-0.2, -0.15) is 0 Å². The van der Waals surface area contributed by atoms with Gasteiger partial charge in [0.15, 0.2) is 0 Å². The Labute approximate surface area is 150 Å². The molecule has 0 aliphatic carbocycles. The minimum atomic E-state index is -3.93. The number of carbonyl (C=O) groups excluding carboxylic acids is 2. The molecule has 0 aromatic heterocycles. The topological polar surface area (TPSA) is 110 Å². The smallest absolute Gasteiger partial charge is 0.255 e. The Hall–Kier alpha value is -1.45. The van der Waals surface area contributed by atoms with Gasteiger partial charge in [-0.3, -0.25) is 9.59 Å². The van der Waals surface area contributed by atoms with Crippen molar-refractivity contribution in [2.45, 2.75) is 38.1 Å². The van der Waals surface area contributed by atoms with Crippen LogP contribution in [0.3, 0.4) is 0 Å². The van der Waals surface area contributed by atoms with Gasteiger partial charge in [0, 0.05) is 16.6 Å². The summed E-state index contributed by atoms with van der Waals surface area (Å²) in [5.74, 6) is -0.754. The predicted molar refractivity (Wildman–Crippen MR) is 95.0 cm³/mol. The highest BCUT2D eigenvalue weighted by Crippen LogP contribution is 2.22. The van der Waals surface area contributed by atoms with E-state index in [9.17, 15) is 18.0 Å². The van der Waals surface area contributed by atoms with Crippen LogP contribution in [0.4, 0.5) is 0 Å². The van der Waals surface area contributed by atoms with Gasteiger partial charge in [0.25, 0.3) is 5.91 Å². The number of benzene rings is 1. The third kappa shape index (κ3) is 5.88. The average molecular weight is 420 g/mol. The molecule has 0 saturated heterocycles. The molecule has 0 aliphatic heterocycles. The van der Waals surface area contributed by atoms with Crippen LogP contribution < -0.4 is 10.5 Å². The Bertz CT molecular complexity index is 742. The van der Waals surface area contributed by atoms with Gasteiger partial charge >= 0.3 is 0 Å². The van der Waals surface area contributed by atoms with Gasteiger partial charge < -0.3 is 10.2 Å². The van der Waals surface area contributed by atoms with E-state index >= 15 is 0 Å². The fraction of sp³-hybridized carbons (Fsp3) is 0.467. The summed E-state index contributed by atoms with van der Waals surface area (Å²) >= 11 is 3.23. The normalized spacial score (nSPS) is 11.9. The third-order valence-electron chi connectivity index (χ3n) is 3.01. The van der Waals surface area contributed by atoms with Crippen molar-refractivity contribution in [3.8, 4) is 0 Å². The lowest BCUT2D eigenvalue weighted by atomic mass is 10.1. The molecule has 0 unspecified atom stereocenters. The van der Waals surface area contributed by atoms with Crippen molar-refractivity contribution in [1.82, 2.24) is 10.2 Å². The molecule has 0 bridgehead atoms. The van der Waals surface area contributed by atoms with Gasteiger partial charge in [0.05, 0.1) is 17.0 Å². The minimum Gasteiger partial charge on any atom is -0.350 e. The number of primary sulfonamides is 1. The van der Waals surface area contributed by atoms with Gasteiger partial charge in [0.1, 0.15) is 0 Å². The number of amides is 2. The van der Waals surface area contributed by atoms with E-state index in [-0.39, 0.29) is 22.9 Å². The van der Waals surface area contributed by atoms with E-state index in [4.69, 9.17) is 5.14 Å². The summed E-state index contributed by atoms with van der Waals surface area (Å²) in [5, 5.41) is 7.88. The SMILES string of the molecule is CCN(CC(=O)NC(C)(C)C)C(=O)c1cc(S(N)(=O)=O)ccc1Br. The predicted octanol–water partition coefficient (Wildman–Crippen LogP) is 1.47. The van der Waals surface area contributed by atoms with Crippen LogP contribution in [0.25, 0.3) is 0 Å². The number of nitrogens with one attached hydrogen (secondary N) is 1. The third-order valence-corrected chi connectivity index (χ3v) is 4.62. The molecule has 1 aromatic rings. The zero-order valence-corrected chi connectivity index (χ0v) is 16.5. The van der Waals surface area contributed by atoms with Crippen LogP contribution in [0.1, 0.15) is 38.1 Å². The Morgan fingerprint density at radius 2 is 1.88 bits per heavy atom. The number of hydrogen-bond donors (Lipinski definition) is 2. The van der Waals surface area contributed by atoms with Gasteiger partial charge in [-0.15, -0.1) is 0 Å². The molecule has 0 heterocycles. The maximum atomic E-state index is 12.7. The first-order valence-corrected chi connectivity index (χ1v) is 9.61. The van der Waals surface area contributed by atoms with E-state index in [1.165, 1.54) is 23.1 Å². The maximum Gasteiger partial charge on any atom is 0.255 e. The van der Waals surface area contributed by atoms with Gasteiger partial charge in [0.2, 0.25) is 15.9 Å². The molecule has 3 N–H and O–H groups in total. The zero-order chi connectivity index (χ0) is 18.7. The van der Waals surface area contributed by atoms with Crippen LogP contribution in [0, 0.1) is 0 Å². The highest BCUT2D eigenvalue weighted by molar-refractivity contribution is 9.10. The summed E-state index contributed by atoms with van der Waals surface area (Å²) < 4.78 is 23.4. The van der Waals surface area contributed by atoms with Crippen molar-refractivity contribution in [2.24, 2.45) is 5.14 Å². The largest absolute Gasteiger partial charge is 0.350 e. The number of nitrogens with two attached hydrogens (primary N) is 1. The Balaban J connectivity index is 3.08. The Kier molecular flexibility index (Phi) is 6.54. The lowest BCUT2D eigenvalue weighted by Gasteiger charge is -2.25. The maximum absolute atomic E-state index is 12.7. The molecule has 9 heteroatoms. The Morgan fingerprint density at radius 1 is 1.29 bits per heavy atom. The molecule has 1 rings (SSSR count). The van der Waals surface area contributed by atoms with Gasteiger partial charge in [-0.1, -0.05) is 0 Å². The van der Waals surface area contributed by atoms with Crippen LogP contribution in [0.15, 0.2) is 27.6 Å². The average Bonchev–Trinajstić information content (AvgIpc) is 2.41. The van der Waals surface area contributed by atoms with E-state index in [0.717, 1.165) is 0 Å². The molecule has 0 aliphatic rings. The number of carbonyl (C=O) groups is 2. The molecule has 0 fully saturated rings. The number of sulfonamides is 1. The van der Waals surface area contributed by atoms with E-state index < -0.39 is 21.5 Å². The molecule has 2 amide bonds. The lowest BCUT2D eigenvalue weighted by molar-refractivity contribution is -0.123. The number of nitrogens with zero attached hydrogens (tertiary/aromatic N) is 1. The van der Waals surface area contributed by atoms with E-state index in [1.54, 1.807) is 6.92 Å². The molecular formula is C15H22BrN3O4S. The summed E-state index contributed by atoms with van der Waals surface area (Å²) in [6.07, 6.45) is 0. The second-order valence-electron chi connectivity index (χ2n) is 6.30. The standard InChI is InChI=1S/C15H22BrN3O4S/c1-5-19(9-13(20)18-15(2,3)4)14(21)11-8-10(24(17,22)23)6-7-12(11)16/h6-8H,5,9H2,1-4H3,(H,18,20)(H2,17,22,23). The first-order valence-electron chi connectivity index (χ1n) is 7.28. The van der Waals surface area contributed by atoms with Crippen LogP contribution in [-0.4, -0.2) is 43.8 Å². The van der Waals surface area contributed by atoms with Gasteiger partial charge in [-0.05, 0) is 61.8 Å². The van der Waals surface area contributed by atoms with Crippen molar-refractivity contribution in [3.05, 3.63) is 28.2 Å². The molecule has 134 valence electrons. The minimum absolute atomic E-state index is 0.126. The molecule has 0 atom stereocenters. The summed E-state index contributed by atoms with van der Waals surface area (Å²) in [7, 11) is -3.93.